The summed E-state index contributed by atoms with van der Waals surface area (Å²) in [5.41, 5.74) is 2.99. The molecule has 0 aliphatic heterocycles. The first-order valence-corrected chi connectivity index (χ1v) is 6.85. The average molecular weight is 313 g/mol. The van der Waals surface area contributed by atoms with Crippen molar-refractivity contribution in [3.63, 3.8) is 0 Å². The molecule has 2 aromatic carbocycles. The fraction of sp³-hybridized carbons (Fsp3) is 0.125. The molecular weight excluding hydrogens is 298 g/mol. The standard InChI is InChI=1S/C16H15N3O4/c1-12(23-15-5-3-2-4-6-15)16(20)18-17-11-13-7-9-14(10-8-13)19(21)22/h2-12H,1H3,(H,18,20). The Morgan fingerprint density at radius 2 is 1.87 bits per heavy atom. The number of rotatable bonds is 6. The smallest absolute Gasteiger partial charge is 0.280 e. The van der Waals surface area contributed by atoms with Gasteiger partial charge in [0, 0.05) is 12.1 Å². The molecular formula is C16H15N3O4. The molecule has 0 saturated heterocycles. The maximum absolute atomic E-state index is 11.8. The molecule has 0 saturated carbocycles. The summed E-state index contributed by atoms with van der Waals surface area (Å²) >= 11 is 0. The van der Waals surface area contributed by atoms with Gasteiger partial charge in [-0.05, 0) is 36.8 Å². The van der Waals surface area contributed by atoms with Gasteiger partial charge in [-0.3, -0.25) is 14.9 Å². The van der Waals surface area contributed by atoms with E-state index < -0.39 is 16.9 Å². The summed E-state index contributed by atoms with van der Waals surface area (Å²) in [6.07, 6.45) is 0.697. The highest BCUT2D eigenvalue weighted by Crippen LogP contribution is 2.11. The summed E-state index contributed by atoms with van der Waals surface area (Å²) in [6.45, 7) is 1.61. The predicted molar refractivity (Wildman–Crippen MR) is 85.4 cm³/mol. The molecule has 1 amide bonds. The highest BCUT2D eigenvalue weighted by molar-refractivity contribution is 5.84. The van der Waals surface area contributed by atoms with Gasteiger partial charge in [0.05, 0.1) is 11.1 Å². The molecule has 0 aromatic heterocycles. The van der Waals surface area contributed by atoms with Crippen LogP contribution in [0.2, 0.25) is 0 Å². The van der Waals surface area contributed by atoms with Crippen molar-refractivity contribution in [3.05, 3.63) is 70.3 Å². The number of amides is 1. The Morgan fingerprint density at radius 3 is 2.48 bits per heavy atom. The third kappa shape index (κ3) is 4.92. The van der Waals surface area contributed by atoms with Crippen molar-refractivity contribution in [2.45, 2.75) is 13.0 Å². The molecule has 0 bridgehead atoms. The third-order valence-electron chi connectivity index (χ3n) is 2.92. The van der Waals surface area contributed by atoms with Gasteiger partial charge in [0.15, 0.2) is 6.10 Å². The summed E-state index contributed by atoms with van der Waals surface area (Å²) in [4.78, 5) is 21.9. The fourth-order valence-corrected chi connectivity index (χ4v) is 1.70. The second-order valence-corrected chi connectivity index (χ2v) is 4.66. The molecule has 1 N–H and O–H groups in total. The van der Waals surface area contributed by atoms with E-state index in [0.29, 0.717) is 11.3 Å². The fourth-order valence-electron chi connectivity index (χ4n) is 1.70. The van der Waals surface area contributed by atoms with Gasteiger partial charge in [0.2, 0.25) is 0 Å². The Balaban J connectivity index is 1.86. The summed E-state index contributed by atoms with van der Waals surface area (Å²) in [6, 6.07) is 14.8. The second kappa shape index (κ2) is 7.69. The lowest BCUT2D eigenvalue weighted by Gasteiger charge is -2.12. The number of hydrogen-bond acceptors (Lipinski definition) is 5. The van der Waals surface area contributed by atoms with Crippen molar-refractivity contribution in [2.24, 2.45) is 5.10 Å². The molecule has 2 rings (SSSR count). The molecule has 0 fully saturated rings. The van der Waals surface area contributed by atoms with Crippen LogP contribution in [0.1, 0.15) is 12.5 Å². The summed E-state index contributed by atoms with van der Waals surface area (Å²) in [5, 5.41) is 14.3. The molecule has 7 nitrogen and oxygen atoms in total. The van der Waals surface area contributed by atoms with Crippen LogP contribution in [-0.4, -0.2) is 23.1 Å². The van der Waals surface area contributed by atoms with Crippen molar-refractivity contribution < 1.29 is 14.5 Å². The van der Waals surface area contributed by atoms with Gasteiger partial charge >= 0.3 is 0 Å². The van der Waals surface area contributed by atoms with Crippen molar-refractivity contribution in [1.82, 2.24) is 5.43 Å². The Labute approximate surface area is 132 Å². The first kappa shape index (κ1) is 16.2. The largest absolute Gasteiger partial charge is 0.481 e. The monoisotopic (exact) mass is 313 g/mol. The predicted octanol–water partition coefficient (Wildman–Crippen LogP) is 2.51. The molecule has 0 aliphatic rings. The molecule has 118 valence electrons. The number of hydrogen-bond donors (Lipinski definition) is 1. The van der Waals surface area contributed by atoms with Crippen LogP contribution in [0.4, 0.5) is 5.69 Å². The van der Waals surface area contributed by atoms with E-state index >= 15 is 0 Å². The summed E-state index contributed by atoms with van der Waals surface area (Å²) in [7, 11) is 0. The van der Waals surface area contributed by atoms with Crippen molar-refractivity contribution >= 4 is 17.8 Å². The maximum Gasteiger partial charge on any atom is 0.280 e. The normalized spacial score (nSPS) is 11.9. The Morgan fingerprint density at radius 1 is 1.22 bits per heavy atom. The number of ether oxygens (including phenoxy) is 1. The lowest BCUT2D eigenvalue weighted by molar-refractivity contribution is -0.384. The van der Waals surface area contributed by atoms with Gasteiger partial charge in [-0.2, -0.15) is 5.10 Å². The zero-order valence-corrected chi connectivity index (χ0v) is 12.4. The number of carbonyl (C=O) groups excluding carboxylic acids is 1. The van der Waals surface area contributed by atoms with Gasteiger partial charge in [-0.15, -0.1) is 0 Å². The first-order valence-electron chi connectivity index (χ1n) is 6.85. The van der Waals surface area contributed by atoms with Crippen LogP contribution in [0, 0.1) is 10.1 Å². The van der Waals surface area contributed by atoms with Crippen LogP contribution in [0.25, 0.3) is 0 Å². The lowest BCUT2D eigenvalue weighted by Crippen LogP contribution is -2.33. The number of nitro benzene ring substituents is 1. The molecule has 7 heteroatoms. The summed E-state index contributed by atoms with van der Waals surface area (Å²) < 4.78 is 5.46. The number of para-hydroxylation sites is 1. The van der Waals surface area contributed by atoms with E-state index in [1.54, 1.807) is 19.1 Å². The van der Waals surface area contributed by atoms with Crippen LogP contribution in [0.15, 0.2) is 59.7 Å². The summed E-state index contributed by atoms with van der Waals surface area (Å²) in [5.74, 6) is 0.196. The molecule has 0 heterocycles. The van der Waals surface area contributed by atoms with E-state index in [-0.39, 0.29) is 5.69 Å². The zero-order valence-electron chi connectivity index (χ0n) is 12.4. The van der Waals surface area contributed by atoms with Crippen molar-refractivity contribution in [1.29, 1.82) is 0 Å². The Bertz CT molecular complexity index is 699. The number of nitrogens with one attached hydrogen (secondary N) is 1. The highest BCUT2D eigenvalue weighted by atomic mass is 16.6. The highest BCUT2D eigenvalue weighted by Gasteiger charge is 2.13. The van der Waals surface area contributed by atoms with E-state index in [1.165, 1.54) is 30.5 Å². The zero-order chi connectivity index (χ0) is 16.7. The molecule has 0 aliphatic carbocycles. The van der Waals surface area contributed by atoms with Crippen molar-refractivity contribution in [2.75, 3.05) is 0 Å². The minimum absolute atomic E-state index is 0.00364. The molecule has 1 unspecified atom stereocenters. The SMILES string of the molecule is CC(Oc1ccccc1)C(=O)NN=Cc1ccc([N+](=O)[O-])cc1. The number of carbonyl (C=O) groups is 1. The quantitative estimate of drug-likeness (QED) is 0.503. The second-order valence-electron chi connectivity index (χ2n) is 4.66. The van der Waals surface area contributed by atoms with Gasteiger partial charge < -0.3 is 4.74 Å². The first-order chi connectivity index (χ1) is 11.1. The van der Waals surface area contributed by atoms with E-state index in [4.69, 9.17) is 4.74 Å². The lowest BCUT2D eigenvalue weighted by atomic mass is 10.2. The third-order valence-corrected chi connectivity index (χ3v) is 2.92. The Kier molecular flexibility index (Phi) is 5.40. The van der Waals surface area contributed by atoms with Crippen LogP contribution in [0.5, 0.6) is 5.75 Å². The number of benzene rings is 2. The number of hydrazone groups is 1. The van der Waals surface area contributed by atoms with Gasteiger partial charge in [-0.1, -0.05) is 18.2 Å². The van der Waals surface area contributed by atoms with Gasteiger partial charge in [0.1, 0.15) is 5.75 Å². The van der Waals surface area contributed by atoms with Crippen LogP contribution < -0.4 is 10.2 Å². The van der Waals surface area contributed by atoms with Crippen molar-refractivity contribution in [3.8, 4) is 5.75 Å². The topological polar surface area (TPSA) is 93.8 Å². The van der Waals surface area contributed by atoms with Crippen LogP contribution >= 0.6 is 0 Å². The molecule has 0 radical (unpaired) electrons. The average Bonchev–Trinajstić information content (AvgIpc) is 2.56. The van der Waals surface area contributed by atoms with E-state index in [0.717, 1.165) is 0 Å². The van der Waals surface area contributed by atoms with E-state index in [2.05, 4.69) is 10.5 Å². The van der Waals surface area contributed by atoms with E-state index in [9.17, 15) is 14.9 Å². The van der Waals surface area contributed by atoms with Gasteiger partial charge in [0.25, 0.3) is 11.6 Å². The molecule has 0 spiro atoms. The molecule has 2 aromatic rings. The minimum atomic E-state index is -0.702. The maximum atomic E-state index is 11.8. The van der Waals surface area contributed by atoms with Gasteiger partial charge in [-0.25, -0.2) is 5.43 Å². The number of non-ortho nitro benzene ring substituents is 1. The van der Waals surface area contributed by atoms with Crippen LogP contribution in [-0.2, 0) is 4.79 Å². The number of nitro groups is 1. The molecule has 1 atom stereocenters. The Hall–Kier alpha value is -3.22. The minimum Gasteiger partial charge on any atom is -0.481 e. The van der Waals surface area contributed by atoms with E-state index in [1.807, 2.05) is 18.2 Å². The molecule has 23 heavy (non-hydrogen) atoms. The number of nitrogens with zero attached hydrogens (tertiary/aromatic N) is 2. The van der Waals surface area contributed by atoms with Crippen LogP contribution in [0.3, 0.4) is 0 Å².